The highest BCUT2D eigenvalue weighted by Crippen LogP contribution is 2.69. The van der Waals surface area contributed by atoms with E-state index < -0.39 is 21.6 Å². The third kappa shape index (κ3) is 5.43. The Bertz CT molecular complexity index is 1070. The van der Waals surface area contributed by atoms with Crippen molar-refractivity contribution in [3.8, 4) is 0 Å². The van der Waals surface area contributed by atoms with Crippen LogP contribution in [0.1, 0.15) is 92.4 Å². The van der Waals surface area contributed by atoms with Crippen molar-refractivity contribution in [2.45, 2.75) is 105 Å². The van der Waals surface area contributed by atoms with Gasteiger partial charge in [-0.25, -0.2) is 0 Å². The lowest BCUT2D eigenvalue weighted by atomic mass is 9.41. The lowest BCUT2D eigenvalue weighted by Crippen LogP contribution is -2.64. The summed E-state index contributed by atoms with van der Waals surface area (Å²) in [5, 5.41) is 0. The van der Waals surface area contributed by atoms with Crippen LogP contribution >= 0.6 is 0 Å². The van der Waals surface area contributed by atoms with E-state index in [1.807, 2.05) is 0 Å². The zero-order chi connectivity index (χ0) is 28.9. The molecule has 39 heavy (non-hydrogen) atoms. The Kier molecular flexibility index (Phi) is 8.65. The Morgan fingerprint density at radius 1 is 1.08 bits per heavy atom. The summed E-state index contributed by atoms with van der Waals surface area (Å²) in [5.74, 6) is -0.0211. The van der Waals surface area contributed by atoms with E-state index in [9.17, 15) is 22.8 Å². The zero-order valence-corrected chi connectivity index (χ0v) is 25.6. The summed E-state index contributed by atoms with van der Waals surface area (Å²) in [6.45, 7) is 10.1. The van der Waals surface area contributed by atoms with Crippen LogP contribution in [0.3, 0.4) is 0 Å². The number of Topliss-reactive ketones (excluding diaryl/α,β-unsaturated/α-hetero) is 1. The van der Waals surface area contributed by atoms with Gasteiger partial charge in [0.05, 0.1) is 19.5 Å². The molecule has 4 rings (SSSR count). The predicted molar refractivity (Wildman–Crippen MR) is 146 cm³/mol. The first-order valence-corrected chi connectivity index (χ1v) is 16.6. The summed E-state index contributed by atoms with van der Waals surface area (Å²) in [5.41, 5.74) is -0.656. The van der Waals surface area contributed by atoms with Gasteiger partial charge in [-0.3, -0.25) is 18.6 Å². The largest absolute Gasteiger partial charge is 0.469 e. The Morgan fingerprint density at radius 2 is 1.77 bits per heavy atom. The van der Waals surface area contributed by atoms with Crippen molar-refractivity contribution in [1.82, 2.24) is 0 Å². The molecule has 0 aliphatic heterocycles. The Balaban J connectivity index is 1.72. The lowest BCUT2D eigenvalue weighted by molar-refractivity contribution is -0.191. The SMILES string of the molecule is CC[C@H]1C(=O)[C@@H]2[C@H](C[C@H](OS(C)(=O)=O)[C@]3(C)[C@@H](C(C)CCC(=O)OC)CC[C@@H]23)[C@@]2(C)CC[C@@H](OC(C)=O)C[C@@H]12. The molecule has 0 bridgehead atoms. The molecule has 9 heteroatoms. The third-order valence-corrected chi connectivity index (χ3v) is 12.2. The van der Waals surface area contributed by atoms with E-state index in [2.05, 4.69) is 27.7 Å². The first-order valence-electron chi connectivity index (χ1n) is 14.8. The van der Waals surface area contributed by atoms with Crippen LogP contribution in [0, 0.1) is 52.3 Å². The van der Waals surface area contributed by atoms with Crippen LogP contribution in [-0.2, 0) is 38.2 Å². The van der Waals surface area contributed by atoms with Crippen LogP contribution in [0.2, 0.25) is 0 Å². The average molecular weight is 569 g/mol. The Labute approximate surface area is 234 Å². The van der Waals surface area contributed by atoms with E-state index in [1.54, 1.807) is 0 Å². The van der Waals surface area contributed by atoms with E-state index in [1.165, 1.54) is 14.0 Å². The summed E-state index contributed by atoms with van der Waals surface area (Å²) in [6, 6.07) is 0. The molecule has 0 aromatic carbocycles. The average Bonchev–Trinajstić information content (AvgIpc) is 3.21. The second kappa shape index (κ2) is 11.1. The van der Waals surface area contributed by atoms with E-state index in [0.29, 0.717) is 31.5 Å². The maximum atomic E-state index is 14.4. The quantitative estimate of drug-likeness (QED) is 0.299. The number of hydrogen-bond donors (Lipinski definition) is 0. The second-order valence-corrected chi connectivity index (χ2v) is 15.0. The minimum atomic E-state index is -3.73. The van der Waals surface area contributed by atoms with Gasteiger partial charge in [0.15, 0.2) is 0 Å². The van der Waals surface area contributed by atoms with E-state index in [4.69, 9.17) is 13.7 Å². The fraction of sp³-hybridized carbons (Fsp3) is 0.900. The van der Waals surface area contributed by atoms with Crippen molar-refractivity contribution in [3.63, 3.8) is 0 Å². The number of esters is 2. The minimum absolute atomic E-state index is 0.0185. The summed E-state index contributed by atoms with van der Waals surface area (Å²) in [6.07, 6.45) is 6.68. The predicted octanol–water partition coefficient (Wildman–Crippen LogP) is 4.94. The van der Waals surface area contributed by atoms with E-state index in [-0.39, 0.29) is 64.9 Å². The molecule has 0 spiro atoms. The van der Waals surface area contributed by atoms with Gasteiger partial charge in [0.1, 0.15) is 11.9 Å². The molecule has 11 atom stereocenters. The molecule has 0 radical (unpaired) electrons. The third-order valence-electron chi connectivity index (χ3n) is 11.6. The van der Waals surface area contributed by atoms with Gasteiger partial charge in [-0.2, -0.15) is 8.42 Å². The number of carbonyl (C=O) groups excluding carboxylic acids is 3. The fourth-order valence-corrected chi connectivity index (χ4v) is 10.6. The highest BCUT2D eigenvalue weighted by atomic mass is 32.2. The first-order chi connectivity index (χ1) is 18.2. The zero-order valence-electron chi connectivity index (χ0n) is 24.7. The van der Waals surface area contributed by atoms with Gasteiger partial charge in [0.2, 0.25) is 0 Å². The lowest BCUT2D eigenvalue weighted by Gasteiger charge is -2.63. The molecule has 0 amide bonds. The van der Waals surface area contributed by atoms with Crippen LogP contribution in [0.25, 0.3) is 0 Å². The molecule has 4 aliphatic rings. The maximum Gasteiger partial charge on any atom is 0.305 e. The van der Waals surface area contributed by atoms with Crippen LogP contribution in [0.5, 0.6) is 0 Å². The molecule has 0 N–H and O–H groups in total. The van der Waals surface area contributed by atoms with Gasteiger partial charge in [-0.1, -0.05) is 27.7 Å². The number of ether oxygens (including phenoxy) is 2. The molecule has 0 aromatic rings. The van der Waals surface area contributed by atoms with Gasteiger partial charge in [0.25, 0.3) is 10.1 Å². The minimum Gasteiger partial charge on any atom is -0.469 e. The Morgan fingerprint density at radius 3 is 2.36 bits per heavy atom. The number of hydrogen-bond acceptors (Lipinski definition) is 8. The molecule has 4 aliphatic carbocycles. The standard InChI is InChI=1S/C30H48O8S/c1-8-20-23-15-19(37-18(3)31)13-14-29(23,4)24-16-25(38-39(7,34)35)30(5)21(17(2)9-12-26(32)36-6)10-11-22(30)27(24)28(20)33/h17,19-25,27H,8-16H2,1-7H3/t17?,19-,20-,21-,22+,23+,24+,25+,27+,29+,30-/m1/s1. The fourth-order valence-electron chi connectivity index (χ4n) is 9.87. The van der Waals surface area contributed by atoms with Crippen LogP contribution in [-0.4, -0.2) is 51.7 Å². The molecule has 0 saturated heterocycles. The number of carbonyl (C=O) groups is 3. The van der Waals surface area contributed by atoms with E-state index >= 15 is 0 Å². The van der Waals surface area contributed by atoms with Gasteiger partial charge >= 0.3 is 11.9 Å². The second-order valence-electron chi connectivity index (χ2n) is 13.4. The number of methoxy groups -OCH3 is 1. The topological polar surface area (TPSA) is 113 Å². The number of fused-ring (bicyclic) bond motifs is 5. The molecule has 4 fully saturated rings. The maximum absolute atomic E-state index is 14.4. The van der Waals surface area contributed by atoms with Crippen molar-refractivity contribution in [2.75, 3.05) is 13.4 Å². The molecule has 0 aromatic heterocycles. The van der Waals surface area contributed by atoms with Crippen LogP contribution in [0.15, 0.2) is 0 Å². The summed E-state index contributed by atoms with van der Waals surface area (Å²) >= 11 is 0. The van der Waals surface area contributed by atoms with Crippen molar-refractivity contribution < 1.29 is 36.5 Å². The normalized spacial score (nSPS) is 42.6. The van der Waals surface area contributed by atoms with Gasteiger partial charge in [0, 0.05) is 30.6 Å². The highest BCUT2D eigenvalue weighted by Gasteiger charge is 2.68. The molecular weight excluding hydrogens is 520 g/mol. The van der Waals surface area contributed by atoms with Crippen molar-refractivity contribution in [2.24, 2.45) is 52.3 Å². The van der Waals surface area contributed by atoms with Crippen molar-refractivity contribution >= 4 is 27.8 Å². The van der Waals surface area contributed by atoms with Crippen LogP contribution in [0.4, 0.5) is 0 Å². The molecule has 8 nitrogen and oxygen atoms in total. The summed E-state index contributed by atoms with van der Waals surface area (Å²) in [4.78, 5) is 38.0. The molecule has 0 heterocycles. The molecule has 222 valence electrons. The Hall–Kier alpha value is -1.48. The summed E-state index contributed by atoms with van der Waals surface area (Å²) in [7, 11) is -2.34. The molecule has 4 saturated carbocycles. The highest BCUT2D eigenvalue weighted by molar-refractivity contribution is 7.86. The van der Waals surface area contributed by atoms with Crippen LogP contribution < -0.4 is 0 Å². The van der Waals surface area contributed by atoms with Gasteiger partial charge in [-0.15, -0.1) is 0 Å². The molecular formula is C30H48O8S. The summed E-state index contributed by atoms with van der Waals surface area (Å²) < 4.78 is 41.6. The van der Waals surface area contributed by atoms with Crippen molar-refractivity contribution in [1.29, 1.82) is 0 Å². The van der Waals surface area contributed by atoms with E-state index in [0.717, 1.165) is 38.4 Å². The number of rotatable bonds is 8. The van der Waals surface area contributed by atoms with Crippen molar-refractivity contribution in [3.05, 3.63) is 0 Å². The smallest absolute Gasteiger partial charge is 0.305 e. The first kappa shape index (κ1) is 30.5. The molecule has 1 unspecified atom stereocenters. The van der Waals surface area contributed by atoms with Gasteiger partial charge in [-0.05, 0) is 86.4 Å². The number of ketones is 1. The monoisotopic (exact) mass is 568 g/mol. The van der Waals surface area contributed by atoms with Gasteiger partial charge < -0.3 is 9.47 Å².